The normalized spacial score (nSPS) is 12.1. The molecule has 0 bridgehead atoms. The molecule has 0 spiro atoms. The van der Waals surface area contributed by atoms with E-state index in [1.54, 1.807) is 26.8 Å². The smallest absolute Gasteiger partial charge is 0.212 e. The van der Waals surface area contributed by atoms with E-state index in [0.717, 1.165) is 5.56 Å². The zero-order chi connectivity index (χ0) is 12.3. The molecule has 0 amide bonds. The van der Waals surface area contributed by atoms with E-state index in [1.165, 1.54) is 12.1 Å². The van der Waals surface area contributed by atoms with Crippen molar-refractivity contribution in [2.75, 3.05) is 0 Å². The fourth-order valence-electron chi connectivity index (χ4n) is 1.37. The average molecular weight is 245 g/mol. The van der Waals surface area contributed by atoms with E-state index in [1.807, 2.05) is 0 Å². The summed E-state index contributed by atoms with van der Waals surface area (Å²) >= 11 is 0. The lowest BCUT2D eigenvalue weighted by Gasteiger charge is -2.10. The summed E-state index contributed by atoms with van der Waals surface area (Å²) in [5.74, 6) is -0.800. The van der Waals surface area contributed by atoms with Gasteiger partial charge in [0.05, 0.1) is 5.75 Å². The van der Waals surface area contributed by atoms with Gasteiger partial charge in [-0.2, -0.15) is 0 Å². The number of rotatable bonds is 4. The van der Waals surface area contributed by atoms with Crippen LogP contribution in [0.2, 0.25) is 0 Å². The Morgan fingerprint density at radius 1 is 1.38 bits per heavy atom. The summed E-state index contributed by atoms with van der Waals surface area (Å²) in [6.07, 6.45) is 0. The van der Waals surface area contributed by atoms with E-state index in [4.69, 9.17) is 0 Å². The Morgan fingerprint density at radius 3 is 2.50 bits per heavy atom. The van der Waals surface area contributed by atoms with E-state index < -0.39 is 15.8 Å². The first-order chi connectivity index (χ1) is 7.30. The van der Waals surface area contributed by atoms with E-state index >= 15 is 0 Å². The van der Waals surface area contributed by atoms with Gasteiger partial charge in [0.25, 0.3) is 0 Å². The van der Waals surface area contributed by atoms with Gasteiger partial charge in [-0.1, -0.05) is 12.1 Å². The molecule has 1 N–H and O–H groups in total. The van der Waals surface area contributed by atoms with Crippen molar-refractivity contribution in [2.24, 2.45) is 0 Å². The van der Waals surface area contributed by atoms with Crippen molar-refractivity contribution >= 4 is 10.0 Å². The summed E-state index contributed by atoms with van der Waals surface area (Å²) in [5.41, 5.74) is 0.967. The van der Waals surface area contributed by atoms with Gasteiger partial charge in [0.2, 0.25) is 10.0 Å². The maximum atomic E-state index is 13.4. The minimum absolute atomic E-state index is 0.182. The zero-order valence-electron chi connectivity index (χ0n) is 9.62. The number of hydrogen-bond donors (Lipinski definition) is 1. The summed E-state index contributed by atoms with van der Waals surface area (Å²) in [4.78, 5) is 0. The van der Waals surface area contributed by atoms with Gasteiger partial charge in [-0.3, -0.25) is 0 Å². The third-order valence-electron chi connectivity index (χ3n) is 1.97. The van der Waals surface area contributed by atoms with Crippen LogP contribution < -0.4 is 4.72 Å². The van der Waals surface area contributed by atoms with Gasteiger partial charge in [0.15, 0.2) is 0 Å². The molecule has 0 heterocycles. The van der Waals surface area contributed by atoms with Crippen molar-refractivity contribution in [3.8, 4) is 0 Å². The molecule has 0 atom stereocenters. The summed E-state index contributed by atoms with van der Waals surface area (Å²) in [6.45, 7) is 5.21. The molecule has 0 aliphatic heterocycles. The molecule has 5 heteroatoms. The summed E-state index contributed by atoms with van der Waals surface area (Å²) in [6, 6.07) is 4.35. The molecule has 0 saturated heterocycles. The standard InChI is InChI=1S/C11H16FNO2S/c1-8(2)13-16(14,15)7-10-5-4-9(3)6-11(10)12/h4-6,8,13H,7H2,1-3H3. The maximum absolute atomic E-state index is 13.4. The number of hydrogen-bond acceptors (Lipinski definition) is 2. The Hall–Kier alpha value is -0.940. The summed E-state index contributed by atoms with van der Waals surface area (Å²) in [7, 11) is -3.46. The van der Waals surface area contributed by atoms with E-state index in [9.17, 15) is 12.8 Å². The van der Waals surface area contributed by atoms with Gasteiger partial charge in [-0.25, -0.2) is 17.5 Å². The van der Waals surface area contributed by atoms with Gasteiger partial charge in [0, 0.05) is 11.6 Å². The number of halogens is 1. The Morgan fingerprint density at radius 2 is 2.00 bits per heavy atom. The monoisotopic (exact) mass is 245 g/mol. The minimum atomic E-state index is -3.46. The van der Waals surface area contributed by atoms with Gasteiger partial charge in [0.1, 0.15) is 5.82 Å². The van der Waals surface area contributed by atoms with Gasteiger partial charge in [-0.15, -0.1) is 0 Å². The lowest BCUT2D eigenvalue weighted by atomic mass is 10.2. The number of nitrogens with one attached hydrogen (secondary N) is 1. The van der Waals surface area contributed by atoms with Crippen molar-refractivity contribution < 1.29 is 12.8 Å². The lowest BCUT2D eigenvalue weighted by Crippen LogP contribution is -2.31. The van der Waals surface area contributed by atoms with Crippen LogP contribution in [0.1, 0.15) is 25.0 Å². The Balaban J connectivity index is 2.88. The largest absolute Gasteiger partial charge is 0.216 e. The first-order valence-electron chi connectivity index (χ1n) is 5.05. The van der Waals surface area contributed by atoms with E-state index in [2.05, 4.69) is 4.72 Å². The van der Waals surface area contributed by atoms with Crippen molar-refractivity contribution in [3.05, 3.63) is 35.1 Å². The molecule has 3 nitrogen and oxygen atoms in total. The molecule has 1 aromatic rings. The van der Waals surface area contributed by atoms with Gasteiger partial charge < -0.3 is 0 Å². The van der Waals surface area contributed by atoms with Crippen LogP contribution in [0.3, 0.4) is 0 Å². The molecule has 90 valence electrons. The molecule has 1 aromatic carbocycles. The maximum Gasteiger partial charge on any atom is 0.216 e. The first-order valence-corrected chi connectivity index (χ1v) is 6.70. The van der Waals surface area contributed by atoms with Crippen LogP contribution in [0.5, 0.6) is 0 Å². The highest BCUT2D eigenvalue weighted by molar-refractivity contribution is 7.88. The molecule has 0 aliphatic rings. The predicted molar refractivity (Wildman–Crippen MR) is 62.0 cm³/mol. The number of benzene rings is 1. The number of sulfonamides is 1. The minimum Gasteiger partial charge on any atom is -0.212 e. The zero-order valence-corrected chi connectivity index (χ0v) is 10.4. The Bertz CT molecular complexity index is 469. The Kier molecular flexibility index (Phi) is 4.04. The summed E-state index contributed by atoms with van der Waals surface area (Å²) in [5, 5.41) is 0. The quantitative estimate of drug-likeness (QED) is 0.881. The molecular weight excluding hydrogens is 229 g/mol. The van der Waals surface area contributed by atoms with Gasteiger partial charge in [-0.05, 0) is 32.4 Å². The highest BCUT2D eigenvalue weighted by atomic mass is 32.2. The first kappa shape index (κ1) is 13.1. The lowest BCUT2D eigenvalue weighted by molar-refractivity contribution is 0.564. The predicted octanol–water partition coefficient (Wildman–Crippen LogP) is 1.96. The molecular formula is C11H16FNO2S. The molecule has 1 rings (SSSR count). The molecule has 16 heavy (non-hydrogen) atoms. The van der Waals surface area contributed by atoms with Crippen molar-refractivity contribution in [3.63, 3.8) is 0 Å². The van der Waals surface area contributed by atoms with Crippen molar-refractivity contribution in [1.29, 1.82) is 0 Å². The molecule has 0 aromatic heterocycles. The topological polar surface area (TPSA) is 46.2 Å². The van der Waals surface area contributed by atoms with Gasteiger partial charge >= 0.3 is 0 Å². The summed E-state index contributed by atoms with van der Waals surface area (Å²) < 4.78 is 39.0. The molecule has 0 saturated carbocycles. The fourth-order valence-corrected chi connectivity index (χ4v) is 2.82. The van der Waals surface area contributed by atoms with Crippen molar-refractivity contribution in [2.45, 2.75) is 32.6 Å². The third-order valence-corrected chi connectivity index (χ3v) is 3.49. The SMILES string of the molecule is Cc1ccc(CS(=O)(=O)NC(C)C)c(F)c1. The van der Waals surface area contributed by atoms with Crippen LogP contribution in [0.25, 0.3) is 0 Å². The fraction of sp³-hybridized carbons (Fsp3) is 0.455. The molecule has 0 unspecified atom stereocenters. The highest BCUT2D eigenvalue weighted by Crippen LogP contribution is 2.12. The van der Waals surface area contributed by atoms with Crippen LogP contribution in [0.4, 0.5) is 4.39 Å². The second-order valence-corrected chi connectivity index (χ2v) is 5.88. The van der Waals surface area contributed by atoms with Crippen LogP contribution in [-0.2, 0) is 15.8 Å². The molecule has 0 radical (unpaired) electrons. The van der Waals surface area contributed by atoms with Crippen LogP contribution in [0, 0.1) is 12.7 Å². The molecule has 0 fully saturated rings. The average Bonchev–Trinajstić information content (AvgIpc) is 2.07. The number of aryl methyl sites for hydroxylation is 1. The highest BCUT2D eigenvalue weighted by Gasteiger charge is 2.15. The molecule has 0 aliphatic carbocycles. The Labute approximate surface area is 95.7 Å². The van der Waals surface area contributed by atoms with E-state index in [-0.39, 0.29) is 17.4 Å². The van der Waals surface area contributed by atoms with Crippen LogP contribution in [0.15, 0.2) is 18.2 Å². The van der Waals surface area contributed by atoms with Crippen molar-refractivity contribution in [1.82, 2.24) is 4.72 Å². The van der Waals surface area contributed by atoms with E-state index in [0.29, 0.717) is 0 Å². The van der Waals surface area contributed by atoms with Crippen LogP contribution >= 0.6 is 0 Å². The third kappa shape index (κ3) is 3.90. The second kappa shape index (κ2) is 4.93. The second-order valence-electron chi connectivity index (χ2n) is 4.13. The van der Waals surface area contributed by atoms with Crippen LogP contribution in [-0.4, -0.2) is 14.5 Å².